The van der Waals surface area contributed by atoms with Crippen LogP contribution in [-0.2, 0) is 19.2 Å². The van der Waals surface area contributed by atoms with Gasteiger partial charge in [0.05, 0.1) is 22.9 Å². The Hall–Kier alpha value is -5.63. The molecule has 248 valence electrons. The summed E-state index contributed by atoms with van der Waals surface area (Å²) in [4.78, 5) is 63.1. The number of aromatic nitrogens is 1. The first-order chi connectivity index (χ1) is 24.1. The average Bonchev–Trinajstić information content (AvgIpc) is 3.68. The van der Waals surface area contributed by atoms with Gasteiger partial charge >= 0.3 is 0 Å². The van der Waals surface area contributed by atoms with Crippen molar-refractivity contribution in [3.8, 4) is 17.2 Å². The Bertz CT molecular complexity index is 2370. The first-order valence-electron chi connectivity index (χ1n) is 17.1. The maximum absolute atomic E-state index is 14.5. The van der Waals surface area contributed by atoms with Gasteiger partial charge in [0, 0.05) is 22.8 Å². The maximum Gasteiger partial charge on any atom is 0.238 e. The van der Waals surface area contributed by atoms with Crippen LogP contribution in [0, 0.1) is 29.1 Å². The summed E-state index contributed by atoms with van der Waals surface area (Å²) in [6.07, 6.45) is 2.71. The highest BCUT2D eigenvalue weighted by Gasteiger charge is 2.64. The number of phenols is 1. The van der Waals surface area contributed by atoms with Gasteiger partial charge in [0.25, 0.3) is 0 Å². The van der Waals surface area contributed by atoms with Crippen LogP contribution in [0.4, 0.5) is 5.69 Å². The molecule has 1 saturated carbocycles. The van der Waals surface area contributed by atoms with E-state index >= 15 is 0 Å². The van der Waals surface area contributed by atoms with Crippen molar-refractivity contribution in [2.45, 2.75) is 39.5 Å². The summed E-state index contributed by atoms with van der Waals surface area (Å²) in [5.74, 6) is -3.02. The number of nitrogens with zero attached hydrogens (tertiary/aromatic N) is 2. The highest BCUT2D eigenvalue weighted by molar-refractivity contribution is 6.23. The molecule has 2 heterocycles. The van der Waals surface area contributed by atoms with E-state index in [1.807, 2.05) is 61.5 Å². The molecule has 4 aliphatic rings. The molecule has 1 saturated heterocycles. The van der Waals surface area contributed by atoms with E-state index in [1.54, 1.807) is 44.2 Å². The first-order valence-corrected chi connectivity index (χ1v) is 17.1. The van der Waals surface area contributed by atoms with Gasteiger partial charge in [-0.25, -0.2) is 4.98 Å². The van der Waals surface area contributed by atoms with Crippen molar-refractivity contribution < 1.29 is 28.7 Å². The lowest BCUT2D eigenvalue weighted by atomic mass is 9.46. The molecule has 2 amide bonds. The standard InChI is InChI=1S/C42H34N2O6/c1-21-22(2)38(47)42(3)31(37(21)46)20-30-28(36(42)27-18-19-33(45)26-9-5-4-8-25(26)27)16-17-29-35(30)41(49)44(40(29)48)24-14-12-23(13-15-24)39-43-32-10-6-7-11-34(32)50-39/h4-16,18-19,29-31,35-36,45H,17,20H2,1-3H3/t29-,30+,31-,35-,36-,42+/m0/s1. The third-order valence-corrected chi connectivity index (χ3v) is 12.1. The van der Waals surface area contributed by atoms with Crippen molar-refractivity contribution >= 4 is 50.9 Å². The zero-order chi connectivity index (χ0) is 34.6. The van der Waals surface area contributed by atoms with Crippen LogP contribution in [0.15, 0.2) is 112 Å². The number of carbonyl (C=O) groups excluding carboxylic acids is 4. The number of carbonyl (C=O) groups is 4. The molecule has 0 bridgehead atoms. The fourth-order valence-corrected chi connectivity index (χ4v) is 9.48. The van der Waals surface area contributed by atoms with Crippen LogP contribution in [0.5, 0.6) is 5.75 Å². The van der Waals surface area contributed by atoms with E-state index in [2.05, 4.69) is 11.1 Å². The van der Waals surface area contributed by atoms with Gasteiger partial charge in [-0.05, 0) is 97.2 Å². The molecule has 5 aromatic rings. The summed E-state index contributed by atoms with van der Waals surface area (Å²) in [6, 6.07) is 25.6. The number of aromatic hydroxyl groups is 1. The number of hydrogen-bond acceptors (Lipinski definition) is 7. The van der Waals surface area contributed by atoms with Gasteiger partial charge in [0.1, 0.15) is 11.3 Å². The molecule has 2 fully saturated rings. The summed E-state index contributed by atoms with van der Waals surface area (Å²) in [5, 5.41) is 12.2. The van der Waals surface area contributed by atoms with Crippen LogP contribution >= 0.6 is 0 Å². The quantitative estimate of drug-likeness (QED) is 0.155. The minimum Gasteiger partial charge on any atom is -0.507 e. The number of hydrogen-bond donors (Lipinski definition) is 1. The number of amides is 2. The second kappa shape index (κ2) is 10.7. The van der Waals surface area contributed by atoms with E-state index < -0.39 is 35.0 Å². The fraction of sp³-hybridized carbons (Fsp3) is 0.262. The van der Waals surface area contributed by atoms with E-state index in [-0.39, 0.29) is 29.1 Å². The second-order valence-electron chi connectivity index (χ2n) is 14.4. The van der Waals surface area contributed by atoms with Crippen molar-refractivity contribution in [1.29, 1.82) is 0 Å². The summed E-state index contributed by atoms with van der Waals surface area (Å²) in [6.45, 7) is 5.34. The van der Waals surface area contributed by atoms with Crippen molar-refractivity contribution in [2.24, 2.45) is 29.1 Å². The van der Waals surface area contributed by atoms with Gasteiger partial charge in [0.2, 0.25) is 17.7 Å². The normalized spacial score (nSPS) is 27.9. The molecule has 8 nitrogen and oxygen atoms in total. The smallest absolute Gasteiger partial charge is 0.238 e. The van der Waals surface area contributed by atoms with Crippen LogP contribution < -0.4 is 4.90 Å². The molecule has 1 aliphatic heterocycles. The molecule has 0 unspecified atom stereocenters. The number of Topliss-reactive ketones (excluding diaryl/α,β-unsaturated/α-hetero) is 2. The lowest BCUT2D eigenvalue weighted by Crippen LogP contribution is -2.55. The Labute approximate surface area is 288 Å². The van der Waals surface area contributed by atoms with Gasteiger partial charge < -0.3 is 9.52 Å². The molecule has 3 aliphatic carbocycles. The Balaban J connectivity index is 1.13. The zero-order valence-electron chi connectivity index (χ0n) is 27.8. The Kier molecular flexibility index (Phi) is 6.50. The van der Waals surface area contributed by atoms with E-state index in [0.29, 0.717) is 46.5 Å². The molecule has 0 spiro atoms. The van der Waals surface area contributed by atoms with Gasteiger partial charge in [-0.1, -0.05) is 61.0 Å². The van der Waals surface area contributed by atoms with E-state index in [0.717, 1.165) is 27.6 Å². The van der Waals surface area contributed by atoms with Gasteiger partial charge in [-0.15, -0.1) is 0 Å². The largest absolute Gasteiger partial charge is 0.507 e. The van der Waals surface area contributed by atoms with E-state index in [9.17, 15) is 24.3 Å². The van der Waals surface area contributed by atoms with Crippen LogP contribution in [-0.4, -0.2) is 33.5 Å². The minimum atomic E-state index is -1.11. The van der Waals surface area contributed by atoms with E-state index in [1.165, 1.54) is 4.90 Å². The number of rotatable bonds is 3. The van der Waals surface area contributed by atoms with Crippen molar-refractivity contribution in [3.05, 3.63) is 113 Å². The number of benzene rings is 4. The fourth-order valence-electron chi connectivity index (χ4n) is 9.48. The monoisotopic (exact) mass is 662 g/mol. The molecular weight excluding hydrogens is 628 g/mol. The number of phenolic OH excluding ortho intramolecular Hbond substituents is 1. The number of allylic oxidation sites excluding steroid dienone is 4. The lowest BCUT2D eigenvalue weighted by Gasteiger charge is -2.54. The SMILES string of the molecule is CC1=C(C)C(=O)[C@@]2(C)[C@@H](c3ccc(O)c4ccccc34)C3=CC[C@@H]4C(=O)N(c5ccc(-c6nc7ccccc7o6)cc5)C(=O)[C@@H]4[C@@H]3C[C@H]2C1=O. The van der Waals surface area contributed by atoms with Crippen LogP contribution in [0.3, 0.4) is 0 Å². The van der Waals surface area contributed by atoms with Crippen molar-refractivity contribution in [3.63, 3.8) is 0 Å². The Morgan fingerprint density at radius 2 is 1.54 bits per heavy atom. The Morgan fingerprint density at radius 3 is 2.30 bits per heavy atom. The molecule has 6 atom stereocenters. The molecule has 50 heavy (non-hydrogen) atoms. The summed E-state index contributed by atoms with van der Waals surface area (Å²) in [7, 11) is 0. The highest BCUT2D eigenvalue weighted by Crippen LogP contribution is 2.63. The zero-order valence-corrected chi connectivity index (χ0v) is 27.8. The number of para-hydroxylation sites is 2. The van der Waals surface area contributed by atoms with Crippen LogP contribution in [0.25, 0.3) is 33.3 Å². The third-order valence-electron chi connectivity index (χ3n) is 12.1. The molecular formula is C42H34N2O6. The average molecular weight is 663 g/mol. The predicted molar refractivity (Wildman–Crippen MR) is 188 cm³/mol. The number of oxazole rings is 1. The first kappa shape index (κ1) is 30.4. The highest BCUT2D eigenvalue weighted by atomic mass is 16.3. The summed E-state index contributed by atoms with van der Waals surface area (Å²) < 4.78 is 5.93. The molecule has 0 radical (unpaired) electrons. The summed E-state index contributed by atoms with van der Waals surface area (Å²) in [5.41, 5.74) is 4.17. The summed E-state index contributed by atoms with van der Waals surface area (Å²) >= 11 is 0. The number of imide groups is 1. The molecule has 1 N–H and O–H groups in total. The number of ketones is 2. The molecule has 1 aromatic heterocycles. The molecule has 9 rings (SSSR count). The molecule has 4 aromatic carbocycles. The molecule has 8 heteroatoms. The van der Waals surface area contributed by atoms with Gasteiger partial charge in [-0.3, -0.25) is 24.1 Å². The van der Waals surface area contributed by atoms with Crippen LogP contribution in [0.1, 0.15) is 45.1 Å². The van der Waals surface area contributed by atoms with Crippen molar-refractivity contribution in [2.75, 3.05) is 4.90 Å². The topological polar surface area (TPSA) is 118 Å². The van der Waals surface area contributed by atoms with Gasteiger partial charge in [-0.2, -0.15) is 0 Å². The second-order valence-corrected chi connectivity index (χ2v) is 14.4. The maximum atomic E-state index is 14.5. The van der Waals surface area contributed by atoms with Gasteiger partial charge in [0.15, 0.2) is 17.1 Å². The predicted octanol–water partition coefficient (Wildman–Crippen LogP) is 7.70. The van der Waals surface area contributed by atoms with Crippen LogP contribution in [0.2, 0.25) is 0 Å². The minimum absolute atomic E-state index is 0.0716. The number of anilines is 1. The lowest BCUT2D eigenvalue weighted by molar-refractivity contribution is -0.142. The van der Waals surface area contributed by atoms with Crippen molar-refractivity contribution in [1.82, 2.24) is 4.98 Å². The number of fused-ring (bicyclic) bond motifs is 6. The Morgan fingerprint density at radius 1 is 0.820 bits per heavy atom. The third kappa shape index (κ3) is 4.02. The van der Waals surface area contributed by atoms with E-state index in [4.69, 9.17) is 4.42 Å².